The maximum absolute atomic E-state index is 13.8. The predicted molar refractivity (Wildman–Crippen MR) is 69.8 cm³/mol. The molecule has 0 aromatic heterocycles. The zero-order valence-corrected chi connectivity index (χ0v) is 10.8. The van der Waals surface area contributed by atoms with Crippen molar-refractivity contribution >= 4 is 0 Å². The quantitative estimate of drug-likeness (QED) is 0.890. The summed E-state index contributed by atoms with van der Waals surface area (Å²) >= 11 is 0. The molecule has 0 radical (unpaired) electrons. The zero-order chi connectivity index (χ0) is 13.0. The first kappa shape index (κ1) is 13.5. The van der Waals surface area contributed by atoms with Crippen molar-refractivity contribution in [1.29, 1.82) is 0 Å². The second kappa shape index (κ2) is 6.27. The Morgan fingerprint density at radius 2 is 2.28 bits per heavy atom. The highest BCUT2D eigenvalue weighted by molar-refractivity contribution is 5.21. The van der Waals surface area contributed by atoms with Crippen LogP contribution >= 0.6 is 0 Å². The van der Waals surface area contributed by atoms with Crippen LogP contribution in [-0.2, 0) is 4.74 Å². The van der Waals surface area contributed by atoms with Crippen molar-refractivity contribution in [2.24, 2.45) is 5.73 Å². The average molecular weight is 252 g/mol. The number of rotatable bonds is 4. The lowest BCUT2D eigenvalue weighted by Crippen LogP contribution is -2.44. The van der Waals surface area contributed by atoms with E-state index in [1.165, 1.54) is 6.07 Å². The minimum atomic E-state index is -0.174. The van der Waals surface area contributed by atoms with Crippen molar-refractivity contribution < 1.29 is 9.13 Å². The molecule has 1 heterocycles. The summed E-state index contributed by atoms with van der Waals surface area (Å²) in [4.78, 5) is 2.23. The number of hydrogen-bond acceptors (Lipinski definition) is 3. The molecule has 1 fully saturated rings. The Morgan fingerprint density at radius 3 is 2.94 bits per heavy atom. The van der Waals surface area contributed by atoms with Gasteiger partial charge in [-0.25, -0.2) is 4.39 Å². The minimum absolute atomic E-state index is 0.0517. The smallest absolute Gasteiger partial charge is 0.128 e. The summed E-state index contributed by atoms with van der Waals surface area (Å²) in [5, 5.41) is 0. The molecule has 2 rings (SSSR count). The Kier molecular flexibility index (Phi) is 4.69. The van der Waals surface area contributed by atoms with E-state index in [1.807, 2.05) is 12.1 Å². The largest absolute Gasteiger partial charge is 0.380 e. The van der Waals surface area contributed by atoms with E-state index >= 15 is 0 Å². The highest BCUT2D eigenvalue weighted by Gasteiger charge is 2.27. The number of methoxy groups -OCH3 is 1. The van der Waals surface area contributed by atoms with Crippen LogP contribution in [0.4, 0.5) is 4.39 Å². The number of ether oxygens (including phenoxy) is 1. The summed E-state index contributed by atoms with van der Waals surface area (Å²) in [7, 11) is 1.73. The van der Waals surface area contributed by atoms with Crippen LogP contribution in [0.5, 0.6) is 0 Å². The fraction of sp³-hybridized carbons (Fsp3) is 0.571. The molecule has 1 aliphatic rings. The standard InChI is InChI=1S/C14H21FN2O/c1-18-11-5-4-8-17(10-11)14(9-16)12-6-2-3-7-13(12)15/h2-3,6-7,11,14H,4-5,8-10,16H2,1H3. The first-order valence-corrected chi connectivity index (χ1v) is 6.47. The fourth-order valence-corrected chi connectivity index (χ4v) is 2.66. The predicted octanol–water partition coefficient (Wildman–Crippen LogP) is 1.94. The summed E-state index contributed by atoms with van der Waals surface area (Å²) in [5.41, 5.74) is 6.53. The van der Waals surface area contributed by atoms with Crippen LogP contribution in [-0.4, -0.2) is 37.7 Å². The van der Waals surface area contributed by atoms with Crippen molar-refractivity contribution in [1.82, 2.24) is 4.90 Å². The molecule has 2 N–H and O–H groups in total. The van der Waals surface area contributed by atoms with E-state index in [1.54, 1.807) is 13.2 Å². The third-order valence-electron chi connectivity index (χ3n) is 3.67. The lowest BCUT2D eigenvalue weighted by molar-refractivity contribution is 0.0149. The van der Waals surface area contributed by atoms with Gasteiger partial charge in [-0.05, 0) is 25.5 Å². The molecule has 0 amide bonds. The van der Waals surface area contributed by atoms with E-state index in [0.717, 1.165) is 25.9 Å². The van der Waals surface area contributed by atoms with Crippen molar-refractivity contribution in [3.63, 3.8) is 0 Å². The molecule has 1 aromatic rings. The normalized spacial score (nSPS) is 22.9. The molecule has 0 bridgehead atoms. The molecule has 3 nitrogen and oxygen atoms in total. The molecule has 0 aliphatic carbocycles. The molecule has 100 valence electrons. The van der Waals surface area contributed by atoms with Crippen LogP contribution in [0, 0.1) is 5.82 Å². The number of nitrogens with zero attached hydrogens (tertiary/aromatic N) is 1. The topological polar surface area (TPSA) is 38.5 Å². The summed E-state index contributed by atoms with van der Waals surface area (Å²) in [6, 6.07) is 6.84. The first-order chi connectivity index (χ1) is 8.76. The Balaban J connectivity index is 2.15. The molecule has 2 unspecified atom stereocenters. The zero-order valence-electron chi connectivity index (χ0n) is 10.8. The van der Waals surface area contributed by atoms with Crippen LogP contribution in [0.3, 0.4) is 0 Å². The van der Waals surface area contributed by atoms with E-state index < -0.39 is 0 Å². The summed E-state index contributed by atoms with van der Waals surface area (Å²) < 4.78 is 19.3. The second-order valence-corrected chi connectivity index (χ2v) is 4.77. The van der Waals surface area contributed by atoms with Crippen LogP contribution in [0.2, 0.25) is 0 Å². The van der Waals surface area contributed by atoms with Gasteiger partial charge in [-0.15, -0.1) is 0 Å². The van der Waals surface area contributed by atoms with Gasteiger partial charge in [0.1, 0.15) is 5.82 Å². The van der Waals surface area contributed by atoms with Gasteiger partial charge in [0, 0.05) is 25.8 Å². The first-order valence-electron chi connectivity index (χ1n) is 6.47. The maximum atomic E-state index is 13.8. The highest BCUT2D eigenvalue weighted by atomic mass is 19.1. The Bertz CT molecular complexity index is 386. The summed E-state index contributed by atoms with van der Waals surface area (Å²) in [6.07, 6.45) is 2.38. The van der Waals surface area contributed by atoms with Gasteiger partial charge in [0.25, 0.3) is 0 Å². The molecule has 0 saturated carbocycles. The summed E-state index contributed by atoms with van der Waals surface area (Å²) in [5.74, 6) is -0.174. The van der Waals surface area contributed by atoms with E-state index in [4.69, 9.17) is 10.5 Å². The van der Waals surface area contributed by atoms with Gasteiger partial charge in [0.15, 0.2) is 0 Å². The van der Waals surface area contributed by atoms with Crippen LogP contribution in [0.1, 0.15) is 24.4 Å². The van der Waals surface area contributed by atoms with Crippen LogP contribution in [0.15, 0.2) is 24.3 Å². The molecule has 2 atom stereocenters. The van der Waals surface area contributed by atoms with Crippen molar-refractivity contribution in [3.05, 3.63) is 35.6 Å². The van der Waals surface area contributed by atoms with E-state index in [0.29, 0.717) is 12.1 Å². The van der Waals surface area contributed by atoms with Gasteiger partial charge in [-0.3, -0.25) is 4.90 Å². The Hall–Kier alpha value is -0.970. The van der Waals surface area contributed by atoms with Gasteiger partial charge < -0.3 is 10.5 Å². The number of nitrogens with two attached hydrogens (primary N) is 1. The lowest BCUT2D eigenvalue weighted by Gasteiger charge is -2.37. The van der Waals surface area contributed by atoms with Crippen LogP contribution in [0.25, 0.3) is 0 Å². The van der Waals surface area contributed by atoms with E-state index in [2.05, 4.69) is 4.90 Å². The molecule has 4 heteroatoms. The van der Waals surface area contributed by atoms with Crippen LogP contribution < -0.4 is 5.73 Å². The maximum Gasteiger partial charge on any atom is 0.128 e. The number of likely N-dealkylation sites (tertiary alicyclic amines) is 1. The monoisotopic (exact) mass is 252 g/mol. The van der Waals surface area contributed by atoms with Crippen molar-refractivity contribution in [3.8, 4) is 0 Å². The SMILES string of the molecule is COC1CCCN(C(CN)c2ccccc2F)C1. The third kappa shape index (κ3) is 2.88. The third-order valence-corrected chi connectivity index (χ3v) is 3.67. The molecule has 0 spiro atoms. The van der Waals surface area contributed by atoms with Gasteiger partial charge in [0.2, 0.25) is 0 Å². The molecule has 18 heavy (non-hydrogen) atoms. The van der Waals surface area contributed by atoms with Gasteiger partial charge >= 0.3 is 0 Å². The number of piperidine rings is 1. The molecular formula is C14H21FN2O. The molecular weight excluding hydrogens is 231 g/mol. The fourth-order valence-electron chi connectivity index (χ4n) is 2.66. The van der Waals surface area contributed by atoms with Gasteiger partial charge in [0.05, 0.1) is 12.1 Å². The Labute approximate surface area is 108 Å². The lowest BCUT2D eigenvalue weighted by atomic mass is 10.00. The second-order valence-electron chi connectivity index (χ2n) is 4.77. The Morgan fingerprint density at radius 1 is 1.50 bits per heavy atom. The van der Waals surface area contributed by atoms with Gasteiger partial charge in [-0.2, -0.15) is 0 Å². The van der Waals surface area contributed by atoms with Crippen molar-refractivity contribution in [2.75, 3.05) is 26.7 Å². The van der Waals surface area contributed by atoms with E-state index in [-0.39, 0.29) is 18.0 Å². The van der Waals surface area contributed by atoms with Crippen molar-refractivity contribution in [2.45, 2.75) is 25.0 Å². The van der Waals surface area contributed by atoms with Gasteiger partial charge in [-0.1, -0.05) is 18.2 Å². The number of hydrogen-bond donors (Lipinski definition) is 1. The van der Waals surface area contributed by atoms with E-state index in [9.17, 15) is 4.39 Å². The average Bonchev–Trinajstić information content (AvgIpc) is 2.42. The highest BCUT2D eigenvalue weighted by Crippen LogP contribution is 2.26. The molecule has 1 aliphatic heterocycles. The molecule has 1 saturated heterocycles. The number of halogens is 1. The molecule has 1 aromatic carbocycles. The number of benzene rings is 1. The summed E-state index contributed by atoms with van der Waals surface area (Å²) in [6.45, 7) is 2.21. The minimum Gasteiger partial charge on any atom is -0.380 e.